The molecule has 9 heteroatoms. The number of sulfonamides is 1. The van der Waals surface area contributed by atoms with Gasteiger partial charge in [0.15, 0.2) is 5.76 Å². The largest absolute Gasteiger partial charge is 0.495 e. The van der Waals surface area contributed by atoms with Crippen LogP contribution in [-0.2, 0) is 16.6 Å². The van der Waals surface area contributed by atoms with Crippen molar-refractivity contribution in [1.82, 2.24) is 5.16 Å². The number of ether oxygens (including phenoxy) is 1. The molecule has 0 fully saturated rings. The van der Waals surface area contributed by atoms with Gasteiger partial charge in [0, 0.05) is 6.07 Å². The lowest BCUT2D eigenvalue weighted by Crippen LogP contribution is -2.30. The third-order valence-electron chi connectivity index (χ3n) is 4.02. The van der Waals surface area contributed by atoms with E-state index in [0.29, 0.717) is 22.9 Å². The van der Waals surface area contributed by atoms with Crippen LogP contribution in [0, 0.1) is 0 Å². The molecule has 0 aliphatic heterocycles. The maximum atomic E-state index is 13.3. The monoisotopic (exact) mass is 432 g/mol. The highest BCUT2D eigenvalue weighted by Gasteiger charge is 2.29. The SMILES string of the molecule is COc1ccccc1N(Cc1cc(-c2cccs2)on1)S(=O)(=O)c1cccs1. The second-order valence-corrected chi connectivity index (χ2v) is 9.76. The zero-order valence-corrected chi connectivity index (χ0v) is 17.3. The van der Waals surface area contributed by atoms with Crippen LogP contribution in [0.1, 0.15) is 5.69 Å². The Hall–Kier alpha value is -2.62. The Morgan fingerprint density at radius 2 is 1.86 bits per heavy atom. The van der Waals surface area contributed by atoms with Crippen molar-refractivity contribution in [2.75, 3.05) is 11.4 Å². The summed E-state index contributed by atoms with van der Waals surface area (Å²) in [7, 11) is -2.28. The summed E-state index contributed by atoms with van der Waals surface area (Å²) in [5, 5.41) is 7.75. The van der Waals surface area contributed by atoms with E-state index in [1.807, 2.05) is 17.5 Å². The summed E-state index contributed by atoms with van der Waals surface area (Å²) in [5.41, 5.74) is 0.952. The van der Waals surface area contributed by atoms with Crippen molar-refractivity contribution in [2.45, 2.75) is 10.8 Å². The van der Waals surface area contributed by atoms with Gasteiger partial charge in [-0.25, -0.2) is 8.42 Å². The first-order valence-electron chi connectivity index (χ1n) is 8.28. The van der Waals surface area contributed by atoms with Crippen molar-refractivity contribution in [3.05, 3.63) is 71.1 Å². The third kappa shape index (κ3) is 3.56. The molecule has 0 unspecified atom stereocenters. The molecule has 3 aromatic heterocycles. The van der Waals surface area contributed by atoms with E-state index in [4.69, 9.17) is 9.26 Å². The molecule has 6 nitrogen and oxygen atoms in total. The predicted molar refractivity (Wildman–Crippen MR) is 110 cm³/mol. The molecule has 0 atom stereocenters. The number of para-hydroxylation sites is 2. The van der Waals surface area contributed by atoms with Crippen molar-refractivity contribution in [3.63, 3.8) is 0 Å². The van der Waals surface area contributed by atoms with Gasteiger partial charge in [0.25, 0.3) is 10.0 Å². The van der Waals surface area contributed by atoms with E-state index >= 15 is 0 Å². The van der Waals surface area contributed by atoms with E-state index < -0.39 is 10.0 Å². The van der Waals surface area contributed by atoms with Crippen molar-refractivity contribution >= 4 is 38.4 Å². The fourth-order valence-corrected chi connectivity index (χ4v) is 5.95. The second kappa shape index (κ2) is 7.78. The Kier molecular flexibility index (Phi) is 5.21. The van der Waals surface area contributed by atoms with Gasteiger partial charge >= 0.3 is 0 Å². The minimum absolute atomic E-state index is 0.0233. The first-order chi connectivity index (χ1) is 13.6. The molecule has 0 radical (unpaired) electrons. The number of hydrogen-bond donors (Lipinski definition) is 0. The average Bonchev–Trinajstić information content (AvgIpc) is 3.48. The lowest BCUT2D eigenvalue weighted by atomic mass is 10.2. The third-order valence-corrected chi connectivity index (χ3v) is 8.04. The van der Waals surface area contributed by atoms with Crippen LogP contribution in [0.3, 0.4) is 0 Å². The number of hydrogen-bond acceptors (Lipinski definition) is 7. The van der Waals surface area contributed by atoms with E-state index in [2.05, 4.69) is 5.16 Å². The van der Waals surface area contributed by atoms with E-state index in [1.54, 1.807) is 47.8 Å². The van der Waals surface area contributed by atoms with Gasteiger partial charge in [-0.15, -0.1) is 22.7 Å². The fraction of sp³-hybridized carbons (Fsp3) is 0.105. The standard InChI is InChI=1S/C19H16N2O4S3/c1-24-16-7-3-2-6-15(16)21(28(22,23)19-9-5-11-27-19)13-14-12-17(25-20-14)18-8-4-10-26-18/h2-12H,13H2,1H3. The number of aromatic nitrogens is 1. The first-order valence-corrected chi connectivity index (χ1v) is 11.5. The van der Waals surface area contributed by atoms with Crippen LogP contribution in [0.2, 0.25) is 0 Å². The molecule has 1 aromatic carbocycles. The quantitative estimate of drug-likeness (QED) is 0.417. The Labute approximate surface area is 170 Å². The summed E-state index contributed by atoms with van der Waals surface area (Å²) in [6, 6.07) is 15.9. The molecule has 28 heavy (non-hydrogen) atoms. The van der Waals surface area contributed by atoms with Gasteiger partial charge < -0.3 is 9.26 Å². The van der Waals surface area contributed by atoms with Crippen LogP contribution in [0.25, 0.3) is 10.6 Å². The van der Waals surface area contributed by atoms with E-state index in [9.17, 15) is 8.42 Å². The van der Waals surface area contributed by atoms with Gasteiger partial charge in [-0.05, 0) is 35.0 Å². The number of anilines is 1. The highest BCUT2D eigenvalue weighted by atomic mass is 32.2. The summed E-state index contributed by atoms with van der Waals surface area (Å²) in [6.07, 6.45) is 0. The molecule has 4 rings (SSSR count). The zero-order chi connectivity index (χ0) is 19.6. The minimum atomic E-state index is -3.79. The zero-order valence-electron chi connectivity index (χ0n) is 14.8. The maximum absolute atomic E-state index is 13.3. The topological polar surface area (TPSA) is 72.6 Å². The van der Waals surface area contributed by atoms with Crippen molar-refractivity contribution in [1.29, 1.82) is 0 Å². The molecule has 0 spiro atoms. The maximum Gasteiger partial charge on any atom is 0.274 e. The summed E-state index contributed by atoms with van der Waals surface area (Å²) in [6.45, 7) is 0.0233. The minimum Gasteiger partial charge on any atom is -0.495 e. The molecule has 0 amide bonds. The van der Waals surface area contributed by atoms with Gasteiger partial charge in [-0.3, -0.25) is 4.31 Å². The Bertz CT molecular complexity index is 1150. The van der Waals surface area contributed by atoms with Crippen LogP contribution in [-0.4, -0.2) is 20.7 Å². The normalized spacial score (nSPS) is 11.5. The van der Waals surface area contributed by atoms with Gasteiger partial charge in [0.1, 0.15) is 15.7 Å². The van der Waals surface area contributed by atoms with Crippen molar-refractivity contribution in [2.24, 2.45) is 0 Å². The van der Waals surface area contributed by atoms with Crippen LogP contribution in [0.4, 0.5) is 5.69 Å². The van der Waals surface area contributed by atoms with Crippen molar-refractivity contribution in [3.8, 4) is 16.4 Å². The number of thiophene rings is 2. The predicted octanol–water partition coefficient (Wildman–Crippen LogP) is 4.87. The molecule has 0 bridgehead atoms. The Morgan fingerprint density at radius 1 is 1.07 bits per heavy atom. The second-order valence-electron chi connectivity index (χ2n) is 5.78. The van der Waals surface area contributed by atoms with Gasteiger partial charge in [-0.1, -0.05) is 29.4 Å². The van der Waals surface area contributed by atoms with Gasteiger partial charge in [-0.2, -0.15) is 0 Å². The highest BCUT2D eigenvalue weighted by molar-refractivity contribution is 7.94. The molecular weight excluding hydrogens is 416 g/mol. The number of rotatable bonds is 7. The summed E-state index contributed by atoms with van der Waals surface area (Å²) >= 11 is 2.70. The van der Waals surface area contributed by atoms with E-state index in [1.165, 1.54) is 34.1 Å². The molecular formula is C19H16N2O4S3. The van der Waals surface area contributed by atoms with Crippen LogP contribution < -0.4 is 9.04 Å². The summed E-state index contributed by atoms with van der Waals surface area (Å²) in [5.74, 6) is 1.07. The van der Waals surface area contributed by atoms with Gasteiger partial charge in [0.05, 0.1) is 24.2 Å². The smallest absolute Gasteiger partial charge is 0.274 e. The van der Waals surface area contributed by atoms with Crippen LogP contribution >= 0.6 is 22.7 Å². The average molecular weight is 433 g/mol. The number of methoxy groups -OCH3 is 1. The first kappa shape index (κ1) is 18.7. The summed E-state index contributed by atoms with van der Waals surface area (Å²) in [4.78, 5) is 0.934. The number of nitrogens with zero attached hydrogens (tertiary/aromatic N) is 2. The Balaban J connectivity index is 1.76. The van der Waals surface area contributed by atoms with Crippen molar-refractivity contribution < 1.29 is 17.7 Å². The van der Waals surface area contributed by atoms with Crippen LogP contribution in [0.5, 0.6) is 5.75 Å². The fourth-order valence-electron chi connectivity index (χ4n) is 2.72. The molecule has 3 heterocycles. The summed E-state index contributed by atoms with van der Waals surface area (Å²) < 4.78 is 39.0. The van der Waals surface area contributed by atoms with Crippen LogP contribution in [0.15, 0.2) is 74.1 Å². The van der Waals surface area contributed by atoms with Gasteiger partial charge in [0.2, 0.25) is 0 Å². The van der Waals surface area contributed by atoms with E-state index in [-0.39, 0.29) is 10.8 Å². The molecule has 0 aliphatic carbocycles. The Morgan fingerprint density at radius 3 is 2.57 bits per heavy atom. The molecule has 4 aromatic rings. The molecule has 0 saturated carbocycles. The number of benzene rings is 1. The lowest BCUT2D eigenvalue weighted by molar-refractivity contribution is 0.414. The lowest BCUT2D eigenvalue weighted by Gasteiger charge is -2.24. The molecule has 144 valence electrons. The molecule has 0 saturated heterocycles. The van der Waals surface area contributed by atoms with E-state index in [0.717, 1.165) is 4.88 Å². The molecule has 0 N–H and O–H groups in total. The molecule has 0 aliphatic rings. The highest BCUT2D eigenvalue weighted by Crippen LogP contribution is 2.35.